The Balaban J connectivity index is 2.40. The van der Waals surface area contributed by atoms with Crippen molar-refractivity contribution in [1.82, 2.24) is 0 Å². The SMILES string of the molecule is CCCCC/C=C\C/C=C\C/C=C\CCCCCCC(=O)O[C@H](COCCCCCCCCCCCCCCCCCC)COP(=O)(O)OC1C(O)C(O)C(O)[C@@H](O)C1O. The number of hydrogen-bond donors (Lipinski definition) is 6. The topological polar surface area (TPSA) is 192 Å². The van der Waals surface area contributed by atoms with Crippen molar-refractivity contribution in [1.29, 1.82) is 0 Å². The molecule has 1 saturated carbocycles. The standard InChI is InChI=1S/C47H87O12P/c1-3-5-7-9-11-13-15-17-19-21-22-24-26-28-30-32-34-36-41(48)58-40(39-57-60(54,55)59-47-45(52)43(50)42(49)44(51)46(47)53)38-56-37-35-33-31-29-27-25-23-20-18-16-14-12-10-8-6-4-2/h11,13,17,19,22,24,40,42-47,49-53H,3-10,12,14-16,18,20-21,23,25-39H2,1-2H3,(H,54,55)/b13-11-,19-17-,24-22-/t40-,42?,43-,44?,45?,46?,47?/m1/s1. The highest BCUT2D eigenvalue weighted by molar-refractivity contribution is 7.47. The lowest BCUT2D eigenvalue weighted by Crippen LogP contribution is -2.64. The molecule has 1 fully saturated rings. The van der Waals surface area contributed by atoms with Gasteiger partial charge in [-0.2, -0.15) is 0 Å². The first-order valence-electron chi connectivity index (χ1n) is 23.8. The van der Waals surface area contributed by atoms with Crippen LogP contribution in [0.25, 0.3) is 0 Å². The van der Waals surface area contributed by atoms with Crippen LogP contribution in [0.15, 0.2) is 36.5 Å². The van der Waals surface area contributed by atoms with Gasteiger partial charge in [-0.1, -0.05) is 172 Å². The molecule has 1 aliphatic carbocycles. The minimum Gasteiger partial charge on any atom is -0.457 e. The predicted molar refractivity (Wildman–Crippen MR) is 239 cm³/mol. The highest BCUT2D eigenvalue weighted by Gasteiger charge is 2.51. The second-order valence-electron chi connectivity index (χ2n) is 16.6. The van der Waals surface area contributed by atoms with E-state index in [1.807, 2.05) is 0 Å². The number of ether oxygens (including phenoxy) is 2. The molecule has 6 N–H and O–H groups in total. The summed E-state index contributed by atoms with van der Waals surface area (Å²) in [4.78, 5) is 23.2. The number of carbonyl (C=O) groups is 1. The van der Waals surface area contributed by atoms with Crippen LogP contribution in [0.5, 0.6) is 0 Å². The molecule has 12 nitrogen and oxygen atoms in total. The average molecular weight is 875 g/mol. The molecule has 0 spiro atoms. The van der Waals surface area contributed by atoms with E-state index < -0.39 is 63.1 Å². The number of hydrogen-bond acceptors (Lipinski definition) is 11. The summed E-state index contributed by atoms with van der Waals surface area (Å²) in [6.45, 7) is 4.22. The van der Waals surface area contributed by atoms with E-state index in [-0.39, 0.29) is 13.0 Å². The Morgan fingerprint density at radius 1 is 0.533 bits per heavy atom. The summed E-state index contributed by atoms with van der Waals surface area (Å²) in [5.74, 6) is -0.496. The van der Waals surface area contributed by atoms with Crippen LogP contribution >= 0.6 is 7.82 Å². The fraction of sp³-hybridized carbons (Fsp3) is 0.851. The predicted octanol–water partition coefficient (Wildman–Crippen LogP) is 9.87. The summed E-state index contributed by atoms with van der Waals surface area (Å²) in [7, 11) is -5.02. The van der Waals surface area contributed by atoms with E-state index in [2.05, 4.69) is 50.3 Å². The third-order valence-electron chi connectivity index (χ3n) is 11.0. The normalized spacial score (nSPS) is 22.6. The van der Waals surface area contributed by atoms with Gasteiger partial charge in [-0.25, -0.2) is 4.57 Å². The third kappa shape index (κ3) is 29.8. The van der Waals surface area contributed by atoms with Crippen molar-refractivity contribution in [3.8, 4) is 0 Å². The van der Waals surface area contributed by atoms with Crippen LogP contribution in [-0.2, 0) is 27.9 Å². The average Bonchev–Trinajstić information content (AvgIpc) is 3.23. The van der Waals surface area contributed by atoms with Gasteiger partial charge in [-0.05, 0) is 51.4 Å². The van der Waals surface area contributed by atoms with E-state index in [4.69, 9.17) is 18.5 Å². The first-order chi connectivity index (χ1) is 29.0. The molecule has 6 unspecified atom stereocenters. The van der Waals surface area contributed by atoms with Crippen molar-refractivity contribution >= 4 is 13.8 Å². The molecule has 13 heteroatoms. The first-order valence-corrected chi connectivity index (χ1v) is 25.3. The first kappa shape index (κ1) is 56.6. The Morgan fingerprint density at radius 3 is 1.45 bits per heavy atom. The summed E-state index contributed by atoms with van der Waals surface area (Å²) < 4.78 is 34.2. The lowest BCUT2D eigenvalue weighted by Gasteiger charge is -2.41. The monoisotopic (exact) mass is 875 g/mol. The van der Waals surface area contributed by atoms with Crippen molar-refractivity contribution in [3.63, 3.8) is 0 Å². The van der Waals surface area contributed by atoms with Gasteiger partial charge in [0.05, 0.1) is 13.2 Å². The molecule has 0 saturated heterocycles. The number of rotatable bonds is 40. The molecule has 8 atom stereocenters. The Bertz CT molecular complexity index is 1130. The minimum atomic E-state index is -5.02. The molecule has 60 heavy (non-hydrogen) atoms. The summed E-state index contributed by atoms with van der Waals surface area (Å²) in [6.07, 6.45) is 32.1. The largest absolute Gasteiger partial charge is 0.472 e. The van der Waals surface area contributed by atoms with Crippen LogP contribution in [-0.4, -0.2) is 98.9 Å². The Morgan fingerprint density at radius 2 is 0.933 bits per heavy atom. The fourth-order valence-electron chi connectivity index (χ4n) is 7.19. The van der Waals surface area contributed by atoms with Gasteiger partial charge in [0.25, 0.3) is 0 Å². The number of phosphoric acid groups is 1. The van der Waals surface area contributed by atoms with Crippen molar-refractivity contribution in [2.45, 2.75) is 236 Å². The molecular formula is C47H87O12P. The van der Waals surface area contributed by atoms with Gasteiger partial charge in [-0.15, -0.1) is 0 Å². The van der Waals surface area contributed by atoms with E-state index in [0.717, 1.165) is 64.2 Å². The quantitative estimate of drug-likeness (QED) is 0.0148. The van der Waals surface area contributed by atoms with E-state index in [1.54, 1.807) is 0 Å². The van der Waals surface area contributed by atoms with Gasteiger partial charge < -0.3 is 39.9 Å². The number of esters is 1. The van der Waals surface area contributed by atoms with Crippen LogP contribution in [0.2, 0.25) is 0 Å². The second kappa shape index (κ2) is 38.1. The van der Waals surface area contributed by atoms with E-state index in [1.165, 1.54) is 103 Å². The highest BCUT2D eigenvalue weighted by Crippen LogP contribution is 2.47. The molecule has 0 bridgehead atoms. The Labute approximate surface area is 363 Å². The van der Waals surface area contributed by atoms with E-state index in [0.29, 0.717) is 13.0 Å². The number of allylic oxidation sites excluding steroid dienone is 6. The van der Waals surface area contributed by atoms with Crippen LogP contribution in [0.1, 0.15) is 194 Å². The van der Waals surface area contributed by atoms with Crippen molar-refractivity contribution in [2.75, 3.05) is 19.8 Å². The smallest absolute Gasteiger partial charge is 0.457 e. The Hall–Kier alpha value is -1.44. The molecule has 0 radical (unpaired) electrons. The van der Waals surface area contributed by atoms with Crippen LogP contribution in [0.3, 0.4) is 0 Å². The van der Waals surface area contributed by atoms with Gasteiger partial charge in [-0.3, -0.25) is 13.8 Å². The molecule has 0 amide bonds. The minimum absolute atomic E-state index is 0.0833. The lowest BCUT2D eigenvalue weighted by molar-refractivity contribution is -0.220. The number of phosphoric ester groups is 1. The molecule has 1 rings (SSSR count). The number of carbonyl (C=O) groups excluding carboxylic acids is 1. The lowest BCUT2D eigenvalue weighted by atomic mass is 9.85. The summed E-state index contributed by atoms with van der Waals surface area (Å²) in [5.41, 5.74) is 0. The van der Waals surface area contributed by atoms with E-state index in [9.17, 15) is 39.8 Å². The molecule has 0 aromatic heterocycles. The summed E-state index contributed by atoms with van der Waals surface area (Å²) in [6, 6.07) is 0. The zero-order chi connectivity index (χ0) is 44.1. The molecular weight excluding hydrogens is 787 g/mol. The van der Waals surface area contributed by atoms with Gasteiger partial charge in [0.1, 0.15) is 42.7 Å². The molecule has 0 aliphatic heterocycles. The zero-order valence-corrected chi connectivity index (χ0v) is 38.4. The van der Waals surface area contributed by atoms with Crippen molar-refractivity contribution < 1.29 is 58.3 Å². The van der Waals surface area contributed by atoms with Gasteiger partial charge in [0.2, 0.25) is 0 Å². The maximum absolute atomic E-state index is 12.8. The maximum atomic E-state index is 12.8. The summed E-state index contributed by atoms with van der Waals surface area (Å²) in [5, 5.41) is 50.2. The van der Waals surface area contributed by atoms with Crippen LogP contribution in [0, 0.1) is 0 Å². The van der Waals surface area contributed by atoms with E-state index >= 15 is 0 Å². The number of unbranched alkanes of at least 4 members (excludes halogenated alkanes) is 22. The third-order valence-corrected chi connectivity index (χ3v) is 12.0. The number of aliphatic hydroxyl groups is 5. The van der Waals surface area contributed by atoms with Crippen LogP contribution in [0.4, 0.5) is 0 Å². The molecule has 0 heterocycles. The number of aliphatic hydroxyl groups excluding tert-OH is 5. The van der Waals surface area contributed by atoms with Gasteiger partial charge in [0.15, 0.2) is 0 Å². The van der Waals surface area contributed by atoms with Crippen molar-refractivity contribution in [2.24, 2.45) is 0 Å². The van der Waals surface area contributed by atoms with Crippen LogP contribution < -0.4 is 0 Å². The van der Waals surface area contributed by atoms with Gasteiger partial charge >= 0.3 is 13.8 Å². The zero-order valence-electron chi connectivity index (χ0n) is 37.5. The molecule has 0 aromatic rings. The van der Waals surface area contributed by atoms with Gasteiger partial charge in [0, 0.05) is 13.0 Å². The molecule has 1 aliphatic rings. The fourth-order valence-corrected chi connectivity index (χ4v) is 8.16. The Kier molecular flexibility index (Phi) is 35.9. The summed E-state index contributed by atoms with van der Waals surface area (Å²) >= 11 is 0. The molecule has 0 aromatic carbocycles. The second-order valence-corrected chi connectivity index (χ2v) is 18.0. The van der Waals surface area contributed by atoms with Crippen molar-refractivity contribution in [3.05, 3.63) is 36.5 Å². The maximum Gasteiger partial charge on any atom is 0.472 e. The molecule has 352 valence electrons. The highest BCUT2D eigenvalue weighted by atomic mass is 31.2.